The molecule has 0 aliphatic carbocycles. The van der Waals surface area contributed by atoms with Gasteiger partial charge in [0, 0.05) is 29.8 Å². The largest absolute Gasteiger partial charge is 0.392 e. The van der Waals surface area contributed by atoms with Crippen LogP contribution in [-0.4, -0.2) is 21.6 Å². The Balaban J connectivity index is 2.03. The van der Waals surface area contributed by atoms with Gasteiger partial charge in [-0.25, -0.2) is 4.98 Å². The van der Waals surface area contributed by atoms with Crippen LogP contribution in [0.15, 0.2) is 23.6 Å². The van der Waals surface area contributed by atoms with Crippen LogP contribution in [0.5, 0.6) is 0 Å². The molecule has 0 saturated carbocycles. The van der Waals surface area contributed by atoms with E-state index in [0.717, 1.165) is 10.7 Å². The van der Waals surface area contributed by atoms with Crippen molar-refractivity contribution in [1.29, 1.82) is 0 Å². The smallest absolute Gasteiger partial charge is 0.292 e. The molecule has 124 valence electrons. The monoisotopic (exact) mass is 335 g/mol. The molecule has 0 aliphatic rings. The van der Waals surface area contributed by atoms with Crippen LogP contribution in [-0.2, 0) is 18.4 Å². The zero-order valence-electron chi connectivity index (χ0n) is 13.5. The summed E-state index contributed by atoms with van der Waals surface area (Å²) in [6, 6.07) is 4.58. The minimum absolute atomic E-state index is 0.0101. The van der Waals surface area contributed by atoms with Gasteiger partial charge in [0.2, 0.25) is 0 Å². The summed E-state index contributed by atoms with van der Waals surface area (Å²) in [4.78, 5) is 15.2. The Morgan fingerprint density at radius 3 is 2.70 bits per heavy atom. The number of aliphatic hydroxyl groups is 1. The molecular weight excluding hydrogens is 314 g/mol. The summed E-state index contributed by atoms with van der Waals surface area (Å²) in [5.41, 5.74) is 2.09. The minimum atomic E-state index is -0.427. The van der Waals surface area contributed by atoms with Gasteiger partial charge in [0.25, 0.3) is 5.69 Å². The first kappa shape index (κ1) is 17.4. The molecule has 0 amide bonds. The summed E-state index contributed by atoms with van der Waals surface area (Å²) in [6.45, 7) is 6.77. The number of nitro benzene ring substituents is 1. The van der Waals surface area contributed by atoms with Crippen molar-refractivity contribution >= 4 is 22.7 Å². The third kappa shape index (κ3) is 4.49. The average molecular weight is 335 g/mol. The molecule has 0 unspecified atom stereocenters. The topological polar surface area (TPSA) is 88.3 Å². The lowest BCUT2D eigenvalue weighted by atomic mass is 9.98. The molecule has 23 heavy (non-hydrogen) atoms. The lowest BCUT2D eigenvalue weighted by Gasteiger charge is -2.13. The summed E-state index contributed by atoms with van der Waals surface area (Å²) in [7, 11) is 0. The van der Waals surface area contributed by atoms with Crippen LogP contribution in [0.1, 0.15) is 37.0 Å². The van der Waals surface area contributed by atoms with Gasteiger partial charge >= 0.3 is 0 Å². The number of aromatic nitrogens is 1. The van der Waals surface area contributed by atoms with E-state index < -0.39 is 4.92 Å². The molecule has 0 radical (unpaired) electrons. The van der Waals surface area contributed by atoms with Crippen molar-refractivity contribution < 1.29 is 10.0 Å². The number of nitro groups is 1. The number of rotatable bonds is 6. The van der Waals surface area contributed by atoms with E-state index in [4.69, 9.17) is 5.11 Å². The van der Waals surface area contributed by atoms with Gasteiger partial charge in [-0.1, -0.05) is 20.8 Å². The van der Waals surface area contributed by atoms with Crippen molar-refractivity contribution in [1.82, 2.24) is 4.98 Å². The predicted octanol–water partition coefficient (Wildman–Crippen LogP) is 3.50. The third-order valence-corrected chi connectivity index (χ3v) is 4.65. The molecular formula is C16H21N3O3S. The average Bonchev–Trinajstić information content (AvgIpc) is 2.96. The zero-order valence-corrected chi connectivity index (χ0v) is 14.3. The van der Waals surface area contributed by atoms with E-state index in [9.17, 15) is 10.1 Å². The Bertz CT molecular complexity index is 692. The molecule has 6 nitrogen and oxygen atoms in total. The molecule has 7 heteroatoms. The molecule has 1 aromatic heterocycles. The van der Waals surface area contributed by atoms with Crippen molar-refractivity contribution in [3.05, 3.63) is 50.0 Å². The fourth-order valence-electron chi connectivity index (χ4n) is 2.07. The molecule has 0 saturated heterocycles. The maximum Gasteiger partial charge on any atom is 0.292 e. The van der Waals surface area contributed by atoms with Gasteiger partial charge in [-0.3, -0.25) is 10.1 Å². The zero-order chi connectivity index (χ0) is 17.0. The van der Waals surface area contributed by atoms with Crippen molar-refractivity contribution in [3.63, 3.8) is 0 Å². The predicted molar refractivity (Wildman–Crippen MR) is 92.0 cm³/mol. The lowest BCUT2D eigenvalue weighted by molar-refractivity contribution is -0.384. The van der Waals surface area contributed by atoms with Crippen molar-refractivity contribution in [2.24, 2.45) is 0 Å². The molecule has 0 aliphatic heterocycles. The fourth-order valence-corrected chi connectivity index (χ4v) is 3.02. The number of hydrogen-bond donors (Lipinski definition) is 2. The first-order valence-corrected chi connectivity index (χ1v) is 8.26. The number of hydrogen-bond acceptors (Lipinski definition) is 6. The third-order valence-electron chi connectivity index (χ3n) is 3.33. The number of aliphatic hydroxyl groups excluding tert-OH is 1. The van der Waals surface area contributed by atoms with Crippen LogP contribution in [0.25, 0.3) is 0 Å². The highest BCUT2D eigenvalue weighted by molar-refractivity contribution is 7.09. The highest BCUT2D eigenvalue weighted by Crippen LogP contribution is 2.27. The van der Waals surface area contributed by atoms with E-state index in [1.165, 1.54) is 6.07 Å². The van der Waals surface area contributed by atoms with Gasteiger partial charge in [-0.2, -0.15) is 0 Å². The lowest BCUT2D eigenvalue weighted by Crippen LogP contribution is -2.11. The Morgan fingerprint density at radius 2 is 2.13 bits per heavy atom. The number of nitrogens with one attached hydrogen (secondary N) is 1. The van der Waals surface area contributed by atoms with Crippen molar-refractivity contribution in [2.75, 3.05) is 11.9 Å². The number of anilines is 1. The highest BCUT2D eigenvalue weighted by atomic mass is 32.1. The number of thiazole rings is 1. The first-order chi connectivity index (χ1) is 10.8. The first-order valence-electron chi connectivity index (χ1n) is 7.38. The van der Waals surface area contributed by atoms with E-state index in [0.29, 0.717) is 24.2 Å². The summed E-state index contributed by atoms with van der Waals surface area (Å²) in [5.74, 6) is 0. The summed E-state index contributed by atoms with van der Waals surface area (Å²) in [6.07, 6.45) is 0.688. The number of benzene rings is 1. The Morgan fingerprint density at radius 1 is 1.39 bits per heavy atom. The van der Waals surface area contributed by atoms with Crippen LogP contribution in [0.4, 0.5) is 11.4 Å². The second-order valence-corrected chi connectivity index (χ2v) is 7.20. The van der Waals surface area contributed by atoms with Crippen LogP contribution in [0.3, 0.4) is 0 Å². The molecule has 0 spiro atoms. The van der Waals surface area contributed by atoms with Crippen molar-refractivity contribution in [2.45, 2.75) is 39.2 Å². The van der Waals surface area contributed by atoms with Gasteiger partial charge in [0.05, 0.1) is 22.2 Å². The van der Waals surface area contributed by atoms with E-state index >= 15 is 0 Å². The Kier molecular flexibility index (Phi) is 5.33. The molecule has 0 fully saturated rings. The fraction of sp³-hybridized carbons (Fsp3) is 0.438. The molecule has 2 N–H and O–H groups in total. The minimum Gasteiger partial charge on any atom is -0.392 e. The normalized spacial score (nSPS) is 11.5. The molecule has 2 aromatic rings. The number of nitrogens with zero attached hydrogens (tertiary/aromatic N) is 2. The van der Waals surface area contributed by atoms with Crippen LogP contribution in [0, 0.1) is 10.1 Å². The van der Waals surface area contributed by atoms with E-state index in [1.54, 1.807) is 23.5 Å². The molecule has 1 heterocycles. The van der Waals surface area contributed by atoms with E-state index in [2.05, 4.69) is 31.1 Å². The SMILES string of the molecule is CC(C)(C)c1nc(CCNc2cc(CO)ccc2[N+](=O)[O-])cs1. The standard InChI is InChI=1S/C16H21N3O3S/c1-16(2,3)15-18-12(10-23-15)6-7-17-13-8-11(9-20)4-5-14(13)19(21)22/h4-5,8,10,17,20H,6-7,9H2,1-3H3. The van der Waals surface area contributed by atoms with Gasteiger partial charge in [-0.05, 0) is 17.7 Å². The molecule has 2 rings (SSSR count). The van der Waals surface area contributed by atoms with Crippen LogP contribution in [0.2, 0.25) is 0 Å². The maximum atomic E-state index is 11.1. The molecule has 0 atom stereocenters. The quantitative estimate of drug-likeness (QED) is 0.623. The van der Waals surface area contributed by atoms with Crippen molar-refractivity contribution in [3.8, 4) is 0 Å². The van der Waals surface area contributed by atoms with E-state index in [1.807, 2.05) is 5.38 Å². The van der Waals surface area contributed by atoms with Gasteiger partial charge in [-0.15, -0.1) is 11.3 Å². The van der Waals surface area contributed by atoms with E-state index in [-0.39, 0.29) is 17.7 Å². The second-order valence-electron chi connectivity index (χ2n) is 6.34. The van der Waals surface area contributed by atoms with Crippen LogP contribution >= 0.6 is 11.3 Å². The summed E-state index contributed by atoms with van der Waals surface area (Å²) < 4.78 is 0. The molecule has 0 bridgehead atoms. The van der Waals surface area contributed by atoms with Gasteiger partial charge in [0.1, 0.15) is 5.69 Å². The molecule has 1 aromatic carbocycles. The highest BCUT2D eigenvalue weighted by Gasteiger charge is 2.18. The summed E-state index contributed by atoms with van der Waals surface area (Å²) in [5, 5.41) is 26.4. The Hall–Kier alpha value is -1.99. The summed E-state index contributed by atoms with van der Waals surface area (Å²) >= 11 is 1.64. The maximum absolute atomic E-state index is 11.1. The second kappa shape index (κ2) is 7.06. The van der Waals surface area contributed by atoms with Gasteiger partial charge in [0.15, 0.2) is 0 Å². The van der Waals surface area contributed by atoms with Gasteiger partial charge < -0.3 is 10.4 Å². The Labute approximate surface area is 139 Å². The van der Waals surface area contributed by atoms with Crippen LogP contribution < -0.4 is 5.32 Å².